The van der Waals surface area contributed by atoms with Crippen LogP contribution in [0.1, 0.15) is 53.6 Å². The molecule has 180 valence electrons. The normalized spacial score (nSPS) is 11.4. The maximum Gasteiger partial charge on any atom is 0.434 e. The third-order valence-electron chi connectivity index (χ3n) is 4.58. The maximum atomic E-state index is 13.7. The first-order valence-electron chi connectivity index (χ1n) is 10.3. The summed E-state index contributed by atoms with van der Waals surface area (Å²) in [6.45, 7) is 5.77. The monoisotopic (exact) mass is 469 g/mol. The zero-order valence-electron chi connectivity index (χ0n) is 18.8. The molecule has 8 nitrogen and oxygen atoms in total. The van der Waals surface area contributed by atoms with Crippen LogP contribution in [0.5, 0.6) is 0 Å². The van der Waals surface area contributed by atoms with Gasteiger partial charge in [0.2, 0.25) is 0 Å². The van der Waals surface area contributed by atoms with E-state index >= 15 is 0 Å². The van der Waals surface area contributed by atoms with Crippen LogP contribution in [0.3, 0.4) is 0 Å². The Labute approximate surface area is 189 Å². The molecule has 1 aromatic heterocycles. The van der Waals surface area contributed by atoms with E-state index in [1.165, 1.54) is 43.2 Å². The SMILES string of the molecule is CCOC(=O)c1cnn(-c2ccc(C(=O)N(CCC(=O)OC)CC(C)C)cc2)c1C(F)(F)F. The van der Waals surface area contributed by atoms with Crippen molar-refractivity contribution >= 4 is 17.8 Å². The lowest BCUT2D eigenvalue weighted by atomic mass is 10.1. The highest BCUT2D eigenvalue weighted by molar-refractivity contribution is 5.94. The van der Waals surface area contributed by atoms with E-state index in [-0.39, 0.29) is 42.6 Å². The van der Waals surface area contributed by atoms with Crippen LogP contribution in [0.2, 0.25) is 0 Å². The van der Waals surface area contributed by atoms with E-state index in [9.17, 15) is 27.6 Å². The second-order valence-electron chi connectivity index (χ2n) is 7.55. The van der Waals surface area contributed by atoms with Crippen LogP contribution in [0.25, 0.3) is 5.69 Å². The van der Waals surface area contributed by atoms with E-state index < -0.39 is 29.4 Å². The van der Waals surface area contributed by atoms with Crippen LogP contribution in [0.4, 0.5) is 13.2 Å². The molecule has 0 fully saturated rings. The number of benzene rings is 1. The minimum absolute atomic E-state index is 0.0133. The molecule has 0 aliphatic heterocycles. The van der Waals surface area contributed by atoms with Gasteiger partial charge >= 0.3 is 18.1 Å². The Morgan fingerprint density at radius 3 is 2.30 bits per heavy atom. The van der Waals surface area contributed by atoms with Gasteiger partial charge in [0.25, 0.3) is 5.91 Å². The van der Waals surface area contributed by atoms with Crippen molar-refractivity contribution in [3.8, 4) is 5.69 Å². The molecule has 0 unspecified atom stereocenters. The summed E-state index contributed by atoms with van der Waals surface area (Å²) in [5.74, 6) is -1.83. The summed E-state index contributed by atoms with van der Waals surface area (Å²) in [6.07, 6.45) is -4.04. The molecule has 0 radical (unpaired) electrons. The van der Waals surface area contributed by atoms with Crippen LogP contribution in [0, 0.1) is 5.92 Å². The largest absolute Gasteiger partial charge is 0.469 e. The van der Waals surface area contributed by atoms with Gasteiger partial charge in [-0.25, -0.2) is 9.48 Å². The van der Waals surface area contributed by atoms with Crippen LogP contribution in [-0.4, -0.2) is 59.3 Å². The van der Waals surface area contributed by atoms with Crippen molar-refractivity contribution in [1.82, 2.24) is 14.7 Å². The molecule has 0 aliphatic carbocycles. The van der Waals surface area contributed by atoms with E-state index in [4.69, 9.17) is 4.74 Å². The number of nitrogens with zero attached hydrogens (tertiary/aromatic N) is 3. The number of hydrogen-bond donors (Lipinski definition) is 0. The zero-order chi connectivity index (χ0) is 24.8. The van der Waals surface area contributed by atoms with Crippen molar-refractivity contribution in [3.05, 3.63) is 47.3 Å². The summed E-state index contributed by atoms with van der Waals surface area (Å²) >= 11 is 0. The van der Waals surface area contributed by atoms with E-state index in [0.717, 1.165) is 6.20 Å². The minimum Gasteiger partial charge on any atom is -0.469 e. The van der Waals surface area contributed by atoms with Crippen molar-refractivity contribution in [2.75, 3.05) is 26.8 Å². The fourth-order valence-corrected chi connectivity index (χ4v) is 3.15. The van der Waals surface area contributed by atoms with Gasteiger partial charge in [0, 0.05) is 18.7 Å². The number of alkyl halides is 3. The first kappa shape index (κ1) is 25.9. The molecule has 11 heteroatoms. The lowest BCUT2D eigenvalue weighted by Crippen LogP contribution is -2.36. The second kappa shape index (κ2) is 11.0. The summed E-state index contributed by atoms with van der Waals surface area (Å²) < 4.78 is 50.9. The van der Waals surface area contributed by atoms with Crippen LogP contribution in [0.15, 0.2) is 30.5 Å². The van der Waals surface area contributed by atoms with Crippen molar-refractivity contribution in [2.24, 2.45) is 5.92 Å². The van der Waals surface area contributed by atoms with Gasteiger partial charge in [0.05, 0.1) is 32.0 Å². The second-order valence-corrected chi connectivity index (χ2v) is 7.55. The summed E-state index contributed by atoms with van der Waals surface area (Å²) in [5, 5.41) is 3.71. The molecule has 0 saturated carbocycles. The molecule has 0 N–H and O–H groups in total. The van der Waals surface area contributed by atoms with Crippen molar-refractivity contribution in [2.45, 2.75) is 33.4 Å². The number of methoxy groups -OCH3 is 1. The molecule has 1 heterocycles. The number of halogens is 3. The summed E-state index contributed by atoms with van der Waals surface area (Å²) in [4.78, 5) is 37.8. The molecular formula is C22H26F3N3O5. The molecule has 0 atom stereocenters. The number of rotatable bonds is 9. The van der Waals surface area contributed by atoms with Gasteiger partial charge in [-0.3, -0.25) is 9.59 Å². The van der Waals surface area contributed by atoms with Crippen molar-refractivity contribution in [3.63, 3.8) is 0 Å². The van der Waals surface area contributed by atoms with Gasteiger partial charge in [-0.05, 0) is 37.1 Å². The van der Waals surface area contributed by atoms with E-state index in [2.05, 4.69) is 9.84 Å². The molecule has 1 aromatic carbocycles. The first-order valence-corrected chi connectivity index (χ1v) is 10.3. The lowest BCUT2D eigenvalue weighted by molar-refractivity contribution is -0.143. The van der Waals surface area contributed by atoms with Gasteiger partial charge in [-0.2, -0.15) is 18.3 Å². The van der Waals surface area contributed by atoms with Crippen molar-refractivity contribution in [1.29, 1.82) is 0 Å². The van der Waals surface area contributed by atoms with Gasteiger partial charge in [0.1, 0.15) is 5.56 Å². The third-order valence-corrected chi connectivity index (χ3v) is 4.58. The van der Waals surface area contributed by atoms with Crippen LogP contribution >= 0.6 is 0 Å². The average molecular weight is 469 g/mol. The van der Waals surface area contributed by atoms with Gasteiger partial charge in [0.15, 0.2) is 5.69 Å². The third kappa shape index (κ3) is 6.56. The highest BCUT2D eigenvalue weighted by Crippen LogP contribution is 2.34. The standard InChI is InChI=1S/C22H26F3N3O5/c1-5-33-21(31)17-12-26-28(19(17)22(23,24)25)16-8-6-15(7-9-16)20(30)27(13-14(2)3)11-10-18(29)32-4/h6-9,12,14H,5,10-11,13H2,1-4H3. The van der Waals surface area contributed by atoms with E-state index in [0.29, 0.717) is 11.2 Å². The molecule has 0 bridgehead atoms. The topological polar surface area (TPSA) is 90.7 Å². The number of carbonyl (C=O) groups is 3. The number of aromatic nitrogens is 2. The average Bonchev–Trinajstić information content (AvgIpc) is 3.22. The molecule has 0 spiro atoms. The van der Waals surface area contributed by atoms with Crippen LogP contribution in [-0.2, 0) is 20.4 Å². The molecule has 0 aliphatic rings. The highest BCUT2D eigenvalue weighted by Gasteiger charge is 2.41. The predicted octanol–water partition coefficient (Wildman–Crippen LogP) is 3.73. The Bertz CT molecular complexity index is 984. The summed E-state index contributed by atoms with van der Waals surface area (Å²) in [6, 6.07) is 5.35. The first-order chi connectivity index (χ1) is 15.5. The predicted molar refractivity (Wildman–Crippen MR) is 112 cm³/mol. The Morgan fingerprint density at radius 1 is 1.15 bits per heavy atom. The van der Waals surface area contributed by atoms with Gasteiger partial charge in [-0.1, -0.05) is 13.8 Å². The number of ether oxygens (including phenoxy) is 2. The smallest absolute Gasteiger partial charge is 0.434 e. The number of esters is 2. The summed E-state index contributed by atoms with van der Waals surface area (Å²) in [7, 11) is 1.26. The van der Waals surface area contributed by atoms with E-state index in [1.54, 1.807) is 0 Å². The number of carbonyl (C=O) groups excluding carboxylic acids is 3. The Hall–Kier alpha value is -3.37. The highest BCUT2D eigenvalue weighted by atomic mass is 19.4. The van der Waals surface area contributed by atoms with E-state index in [1.807, 2.05) is 13.8 Å². The number of amides is 1. The molecule has 2 rings (SSSR count). The molecule has 1 amide bonds. The maximum absolute atomic E-state index is 13.7. The molecular weight excluding hydrogens is 443 g/mol. The molecule has 2 aromatic rings. The van der Waals surface area contributed by atoms with Crippen molar-refractivity contribution < 1.29 is 37.0 Å². The number of hydrogen-bond acceptors (Lipinski definition) is 6. The zero-order valence-corrected chi connectivity index (χ0v) is 18.8. The lowest BCUT2D eigenvalue weighted by Gasteiger charge is -2.24. The molecule has 33 heavy (non-hydrogen) atoms. The minimum atomic E-state index is -4.87. The summed E-state index contributed by atoms with van der Waals surface area (Å²) in [5.41, 5.74) is -1.72. The van der Waals surface area contributed by atoms with Gasteiger partial charge < -0.3 is 14.4 Å². The fraction of sp³-hybridized carbons (Fsp3) is 0.455. The van der Waals surface area contributed by atoms with Gasteiger partial charge in [-0.15, -0.1) is 0 Å². The Morgan fingerprint density at radius 2 is 1.79 bits per heavy atom. The van der Waals surface area contributed by atoms with Crippen LogP contribution < -0.4 is 0 Å². The molecule has 0 saturated heterocycles. The fourth-order valence-electron chi connectivity index (χ4n) is 3.15. The quantitative estimate of drug-likeness (QED) is 0.520. The Kier molecular flexibility index (Phi) is 8.61. The Balaban J connectivity index is 2.34.